The van der Waals surface area contributed by atoms with Crippen LogP contribution in [0.4, 0.5) is 5.69 Å². The molecule has 0 unspecified atom stereocenters. The molecule has 146 valence electrons. The highest BCUT2D eigenvalue weighted by molar-refractivity contribution is 5.92. The van der Waals surface area contributed by atoms with Crippen LogP contribution in [-0.4, -0.2) is 33.3 Å². The van der Waals surface area contributed by atoms with Gasteiger partial charge >= 0.3 is 0 Å². The molecule has 6 nitrogen and oxygen atoms in total. The van der Waals surface area contributed by atoms with Gasteiger partial charge in [0.25, 0.3) is 0 Å². The fraction of sp³-hybridized carbons (Fsp3) is 0.381. The molecular formula is C21H27NO5. The second kappa shape index (κ2) is 10.3. The number of para-hydroxylation sites is 1. The number of carbonyl (C=O) groups is 1. The first kappa shape index (κ1) is 20.4. The normalized spacial score (nSPS) is 10.2. The van der Waals surface area contributed by atoms with E-state index in [4.69, 9.17) is 18.9 Å². The van der Waals surface area contributed by atoms with Crippen LogP contribution in [0.25, 0.3) is 0 Å². The lowest BCUT2D eigenvalue weighted by atomic mass is 10.1. The van der Waals surface area contributed by atoms with Crippen LogP contribution in [0, 0.1) is 0 Å². The maximum absolute atomic E-state index is 12.5. The molecule has 2 aromatic rings. The van der Waals surface area contributed by atoms with Gasteiger partial charge in [-0.3, -0.25) is 4.79 Å². The van der Waals surface area contributed by atoms with Crippen LogP contribution < -0.4 is 24.3 Å². The first-order valence-corrected chi connectivity index (χ1v) is 9.02. The number of ether oxygens (including phenoxy) is 4. The summed E-state index contributed by atoms with van der Waals surface area (Å²) in [5.74, 6) is 2.49. The van der Waals surface area contributed by atoms with E-state index in [2.05, 4.69) is 5.32 Å². The van der Waals surface area contributed by atoms with E-state index in [1.165, 1.54) is 0 Å². The van der Waals surface area contributed by atoms with Crippen LogP contribution >= 0.6 is 0 Å². The first-order valence-electron chi connectivity index (χ1n) is 9.02. The molecule has 27 heavy (non-hydrogen) atoms. The Kier molecular flexibility index (Phi) is 7.79. The van der Waals surface area contributed by atoms with Gasteiger partial charge < -0.3 is 24.3 Å². The highest BCUT2D eigenvalue weighted by Crippen LogP contribution is 2.32. The number of rotatable bonds is 10. The number of aryl methyl sites for hydroxylation is 1. The standard InChI is InChI=1S/C21H27NO5/c1-5-26-16-11-12-18(27-6-2)17(14-16)22-20(23)13-10-15-8-7-9-19(24-3)21(15)25-4/h7-9,11-12,14H,5-6,10,13H2,1-4H3,(H,22,23). The zero-order valence-electron chi connectivity index (χ0n) is 16.3. The van der Waals surface area contributed by atoms with Gasteiger partial charge in [0.05, 0.1) is 33.1 Å². The molecule has 0 aliphatic carbocycles. The zero-order chi connectivity index (χ0) is 19.6. The summed E-state index contributed by atoms with van der Waals surface area (Å²) in [7, 11) is 3.18. The molecule has 1 amide bonds. The van der Waals surface area contributed by atoms with Crippen LogP contribution in [0.1, 0.15) is 25.8 Å². The van der Waals surface area contributed by atoms with Crippen molar-refractivity contribution in [2.24, 2.45) is 0 Å². The van der Waals surface area contributed by atoms with Crippen molar-refractivity contribution in [3.05, 3.63) is 42.0 Å². The van der Waals surface area contributed by atoms with E-state index in [0.29, 0.717) is 54.7 Å². The Labute approximate surface area is 160 Å². The van der Waals surface area contributed by atoms with E-state index in [9.17, 15) is 4.79 Å². The molecule has 0 bridgehead atoms. The fourth-order valence-electron chi connectivity index (χ4n) is 2.76. The van der Waals surface area contributed by atoms with Crippen molar-refractivity contribution in [2.45, 2.75) is 26.7 Å². The van der Waals surface area contributed by atoms with Gasteiger partial charge in [-0.25, -0.2) is 0 Å². The second-order valence-corrected chi connectivity index (χ2v) is 5.72. The third kappa shape index (κ3) is 5.54. The summed E-state index contributed by atoms with van der Waals surface area (Å²) in [6, 6.07) is 11.0. The van der Waals surface area contributed by atoms with E-state index in [-0.39, 0.29) is 5.91 Å². The summed E-state index contributed by atoms with van der Waals surface area (Å²) in [6.07, 6.45) is 0.829. The number of methoxy groups -OCH3 is 2. The van der Waals surface area contributed by atoms with Crippen molar-refractivity contribution in [1.29, 1.82) is 0 Å². The molecule has 0 aromatic heterocycles. The zero-order valence-corrected chi connectivity index (χ0v) is 16.3. The van der Waals surface area contributed by atoms with Gasteiger partial charge in [-0.1, -0.05) is 12.1 Å². The highest BCUT2D eigenvalue weighted by atomic mass is 16.5. The quantitative estimate of drug-likeness (QED) is 0.680. The Balaban J connectivity index is 2.08. The maximum Gasteiger partial charge on any atom is 0.224 e. The van der Waals surface area contributed by atoms with Gasteiger partial charge in [0.2, 0.25) is 5.91 Å². The molecule has 0 aliphatic rings. The minimum absolute atomic E-state index is 0.116. The van der Waals surface area contributed by atoms with Gasteiger partial charge in [-0.2, -0.15) is 0 Å². The van der Waals surface area contributed by atoms with Gasteiger partial charge in [-0.15, -0.1) is 0 Å². The summed E-state index contributed by atoms with van der Waals surface area (Å²) in [5.41, 5.74) is 1.52. The Morgan fingerprint density at radius 2 is 1.74 bits per heavy atom. The predicted octanol–water partition coefficient (Wildman–Crippen LogP) is 4.07. The van der Waals surface area contributed by atoms with Crippen LogP contribution in [-0.2, 0) is 11.2 Å². The second-order valence-electron chi connectivity index (χ2n) is 5.72. The number of nitrogens with one attached hydrogen (secondary N) is 1. The SMILES string of the molecule is CCOc1ccc(OCC)c(NC(=O)CCc2cccc(OC)c2OC)c1. The monoisotopic (exact) mass is 373 g/mol. The lowest BCUT2D eigenvalue weighted by molar-refractivity contribution is -0.116. The summed E-state index contributed by atoms with van der Waals surface area (Å²) in [5, 5.41) is 2.91. The molecule has 2 aromatic carbocycles. The Hall–Kier alpha value is -2.89. The number of benzene rings is 2. The number of anilines is 1. The largest absolute Gasteiger partial charge is 0.494 e. The first-order chi connectivity index (χ1) is 13.1. The van der Waals surface area contributed by atoms with E-state index < -0.39 is 0 Å². The lowest BCUT2D eigenvalue weighted by Crippen LogP contribution is -2.14. The van der Waals surface area contributed by atoms with E-state index in [0.717, 1.165) is 5.56 Å². The molecule has 0 saturated heterocycles. The Morgan fingerprint density at radius 3 is 2.41 bits per heavy atom. The minimum atomic E-state index is -0.116. The summed E-state index contributed by atoms with van der Waals surface area (Å²) in [4.78, 5) is 12.5. The van der Waals surface area contributed by atoms with Crippen LogP contribution in [0.3, 0.4) is 0 Å². The Morgan fingerprint density at radius 1 is 0.963 bits per heavy atom. The van der Waals surface area contributed by atoms with Crippen molar-refractivity contribution < 1.29 is 23.7 Å². The van der Waals surface area contributed by atoms with Gasteiger partial charge in [0, 0.05) is 12.5 Å². The van der Waals surface area contributed by atoms with Gasteiger partial charge in [0.1, 0.15) is 11.5 Å². The van der Waals surface area contributed by atoms with Gasteiger partial charge in [-0.05, 0) is 44.0 Å². The third-order valence-corrected chi connectivity index (χ3v) is 3.94. The molecule has 6 heteroatoms. The number of carbonyl (C=O) groups excluding carboxylic acids is 1. The number of hydrogen-bond acceptors (Lipinski definition) is 5. The maximum atomic E-state index is 12.5. The van der Waals surface area contributed by atoms with Gasteiger partial charge in [0.15, 0.2) is 11.5 Å². The number of amides is 1. The molecule has 0 spiro atoms. The Bertz CT molecular complexity index is 760. The van der Waals surface area contributed by atoms with Crippen molar-refractivity contribution in [3.8, 4) is 23.0 Å². The molecule has 2 rings (SSSR count). The van der Waals surface area contributed by atoms with Crippen LogP contribution in [0.5, 0.6) is 23.0 Å². The van der Waals surface area contributed by atoms with Crippen molar-refractivity contribution in [2.75, 3.05) is 32.8 Å². The molecular weight excluding hydrogens is 346 g/mol. The highest BCUT2D eigenvalue weighted by Gasteiger charge is 2.13. The average molecular weight is 373 g/mol. The predicted molar refractivity (Wildman–Crippen MR) is 105 cm³/mol. The molecule has 0 atom stereocenters. The van der Waals surface area contributed by atoms with Crippen LogP contribution in [0.2, 0.25) is 0 Å². The molecule has 1 N–H and O–H groups in total. The number of hydrogen-bond donors (Lipinski definition) is 1. The summed E-state index contributed by atoms with van der Waals surface area (Å²) < 4.78 is 21.8. The van der Waals surface area contributed by atoms with Crippen molar-refractivity contribution in [3.63, 3.8) is 0 Å². The minimum Gasteiger partial charge on any atom is -0.494 e. The topological polar surface area (TPSA) is 66.0 Å². The summed E-state index contributed by atoms with van der Waals surface area (Å²) >= 11 is 0. The molecule has 0 saturated carbocycles. The molecule has 0 heterocycles. The van der Waals surface area contributed by atoms with E-state index in [1.54, 1.807) is 26.4 Å². The van der Waals surface area contributed by atoms with Crippen LogP contribution in [0.15, 0.2) is 36.4 Å². The smallest absolute Gasteiger partial charge is 0.224 e. The summed E-state index contributed by atoms with van der Waals surface area (Å²) in [6.45, 7) is 4.88. The lowest BCUT2D eigenvalue weighted by Gasteiger charge is -2.14. The van der Waals surface area contributed by atoms with E-state index in [1.807, 2.05) is 38.1 Å². The molecule has 0 fully saturated rings. The van der Waals surface area contributed by atoms with E-state index >= 15 is 0 Å². The fourth-order valence-corrected chi connectivity index (χ4v) is 2.76. The average Bonchev–Trinajstić information content (AvgIpc) is 2.68. The molecule has 0 aliphatic heterocycles. The van der Waals surface area contributed by atoms with Crippen molar-refractivity contribution >= 4 is 11.6 Å². The molecule has 0 radical (unpaired) electrons. The van der Waals surface area contributed by atoms with Crippen molar-refractivity contribution in [1.82, 2.24) is 0 Å². The third-order valence-electron chi connectivity index (χ3n) is 3.94.